The van der Waals surface area contributed by atoms with E-state index in [0.29, 0.717) is 11.4 Å². The molecule has 0 aliphatic rings. The lowest BCUT2D eigenvalue weighted by Gasteiger charge is -2.01. The lowest BCUT2D eigenvalue weighted by atomic mass is 10.3. The minimum Gasteiger partial charge on any atom is -0.478 e. The number of hydrogen-bond donors (Lipinski definition) is 1. The van der Waals surface area contributed by atoms with Gasteiger partial charge < -0.3 is 5.11 Å². The molecule has 0 amide bonds. The zero-order chi connectivity index (χ0) is 12.6. The number of carbonyl (C=O) groups is 1. The third-order valence-corrected chi connectivity index (χ3v) is 2.60. The summed E-state index contributed by atoms with van der Waals surface area (Å²) in [5, 5.41) is 12.9. The van der Waals surface area contributed by atoms with Crippen molar-refractivity contribution < 1.29 is 14.3 Å². The maximum absolute atomic E-state index is 13.2. The van der Waals surface area contributed by atoms with Crippen molar-refractivity contribution in [2.24, 2.45) is 0 Å². The highest BCUT2D eigenvalue weighted by Crippen LogP contribution is 2.19. The molecule has 0 aliphatic carbocycles. The van der Waals surface area contributed by atoms with Crippen LogP contribution < -0.4 is 0 Å². The summed E-state index contributed by atoms with van der Waals surface area (Å²) in [4.78, 5) is 10.8. The molecule has 0 aliphatic heterocycles. The van der Waals surface area contributed by atoms with E-state index in [1.807, 2.05) is 0 Å². The van der Waals surface area contributed by atoms with E-state index in [0.717, 1.165) is 0 Å². The van der Waals surface area contributed by atoms with Gasteiger partial charge in [-0.3, -0.25) is 0 Å². The average molecular weight is 255 g/mol. The third kappa shape index (κ3) is 2.14. The molecular formula is C11H8ClFN2O2. The Bertz CT molecular complexity index is 595. The first kappa shape index (κ1) is 11.6. The number of aryl methyl sites for hydroxylation is 1. The van der Waals surface area contributed by atoms with Crippen molar-refractivity contribution >= 4 is 17.6 Å². The number of halogens is 2. The van der Waals surface area contributed by atoms with Crippen LogP contribution in [0.3, 0.4) is 0 Å². The van der Waals surface area contributed by atoms with E-state index >= 15 is 0 Å². The second-order valence-electron chi connectivity index (χ2n) is 3.48. The molecule has 0 atom stereocenters. The van der Waals surface area contributed by atoms with Gasteiger partial charge in [0.1, 0.15) is 11.4 Å². The highest BCUT2D eigenvalue weighted by Gasteiger charge is 2.13. The maximum atomic E-state index is 13.2. The molecule has 1 N–H and O–H groups in total. The molecule has 88 valence electrons. The quantitative estimate of drug-likeness (QED) is 0.896. The van der Waals surface area contributed by atoms with Crippen LogP contribution in [0.1, 0.15) is 16.1 Å². The molecule has 2 aromatic rings. The zero-order valence-electron chi connectivity index (χ0n) is 8.82. The number of carboxylic acids is 1. The minimum absolute atomic E-state index is 0.0103. The summed E-state index contributed by atoms with van der Waals surface area (Å²) in [6, 6.07) is 4.15. The predicted octanol–water partition coefficient (Wildman–Crippen LogP) is 2.67. The standard InChI is InChI=1S/C11H8ClFN2O2/c1-6-8(11(16)17)5-15(14-6)7-2-3-9(12)10(13)4-7/h2-5H,1H3,(H,16,17). The van der Waals surface area contributed by atoms with Crippen LogP contribution in [0.15, 0.2) is 24.4 Å². The van der Waals surface area contributed by atoms with E-state index < -0.39 is 11.8 Å². The van der Waals surface area contributed by atoms with Crippen molar-refractivity contribution in [1.29, 1.82) is 0 Å². The van der Waals surface area contributed by atoms with Crippen molar-refractivity contribution in [2.75, 3.05) is 0 Å². The lowest BCUT2D eigenvalue weighted by molar-refractivity contribution is 0.0696. The lowest BCUT2D eigenvalue weighted by Crippen LogP contribution is -1.96. The Morgan fingerprint density at radius 2 is 2.24 bits per heavy atom. The Labute approximate surface area is 101 Å². The fourth-order valence-corrected chi connectivity index (χ4v) is 1.55. The molecule has 1 aromatic heterocycles. The summed E-state index contributed by atoms with van der Waals surface area (Å²) in [5.74, 6) is -1.64. The van der Waals surface area contributed by atoms with Gasteiger partial charge in [0.25, 0.3) is 0 Å². The summed E-state index contributed by atoms with van der Waals surface area (Å²) in [6.07, 6.45) is 1.33. The summed E-state index contributed by atoms with van der Waals surface area (Å²) in [6.45, 7) is 1.58. The number of carboxylic acid groups (broad SMARTS) is 1. The van der Waals surface area contributed by atoms with Gasteiger partial charge in [-0.2, -0.15) is 5.10 Å². The first-order valence-electron chi connectivity index (χ1n) is 4.74. The number of hydrogen-bond acceptors (Lipinski definition) is 2. The normalized spacial score (nSPS) is 10.5. The molecule has 0 saturated carbocycles. The van der Waals surface area contributed by atoms with Gasteiger partial charge >= 0.3 is 5.97 Å². The van der Waals surface area contributed by atoms with Crippen molar-refractivity contribution in [3.63, 3.8) is 0 Å². The second kappa shape index (κ2) is 4.18. The number of aromatic nitrogens is 2. The Kier molecular flexibility index (Phi) is 2.85. The van der Waals surface area contributed by atoms with Crippen LogP contribution in [0.25, 0.3) is 5.69 Å². The summed E-state index contributed by atoms with van der Waals surface area (Å²) in [7, 11) is 0. The molecule has 0 spiro atoms. The van der Waals surface area contributed by atoms with E-state index in [-0.39, 0.29) is 10.6 Å². The van der Waals surface area contributed by atoms with Crippen LogP contribution in [0.5, 0.6) is 0 Å². The van der Waals surface area contributed by atoms with Crippen molar-refractivity contribution in [1.82, 2.24) is 9.78 Å². The van der Waals surface area contributed by atoms with Crippen LogP contribution in [-0.4, -0.2) is 20.9 Å². The summed E-state index contributed by atoms with van der Waals surface area (Å²) < 4.78 is 14.5. The van der Waals surface area contributed by atoms with Gasteiger partial charge in [-0.25, -0.2) is 13.9 Å². The van der Waals surface area contributed by atoms with E-state index in [2.05, 4.69) is 5.10 Å². The molecular weight excluding hydrogens is 247 g/mol. The molecule has 6 heteroatoms. The highest BCUT2D eigenvalue weighted by molar-refractivity contribution is 6.30. The monoisotopic (exact) mass is 254 g/mol. The van der Waals surface area contributed by atoms with Crippen molar-refractivity contribution in [3.05, 3.63) is 46.5 Å². The SMILES string of the molecule is Cc1nn(-c2ccc(Cl)c(F)c2)cc1C(=O)O. The second-order valence-corrected chi connectivity index (χ2v) is 3.88. The van der Waals surface area contributed by atoms with Crippen LogP contribution >= 0.6 is 11.6 Å². The third-order valence-electron chi connectivity index (χ3n) is 2.30. The first-order valence-corrected chi connectivity index (χ1v) is 5.12. The Hall–Kier alpha value is -1.88. The van der Waals surface area contributed by atoms with Crippen LogP contribution in [0.2, 0.25) is 5.02 Å². The van der Waals surface area contributed by atoms with Crippen molar-refractivity contribution in [2.45, 2.75) is 6.92 Å². The highest BCUT2D eigenvalue weighted by atomic mass is 35.5. The van der Waals surface area contributed by atoms with Crippen LogP contribution in [0, 0.1) is 12.7 Å². The van der Waals surface area contributed by atoms with E-state index in [9.17, 15) is 9.18 Å². The number of aromatic carboxylic acids is 1. The predicted molar refractivity (Wildman–Crippen MR) is 60.2 cm³/mol. The topological polar surface area (TPSA) is 55.1 Å². The van der Waals surface area contributed by atoms with Gasteiger partial charge in [0.15, 0.2) is 0 Å². The van der Waals surface area contributed by atoms with Crippen LogP contribution in [-0.2, 0) is 0 Å². The molecule has 1 aromatic carbocycles. The van der Waals surface area contributed by atoms with Gasteiger partial charge in [0, 0.05) is 12.3 Å². The molecule has 1 heterocycles. The Morgan fingerprint density at radius 1 is 1.53 bits per heavy atom. The zero-order valence-corrected chi connectivity index (χ0v) is 9.57. The molecule has 0 fully saturated rings. The number of rotatable bonds is 2. The van der Waals surface area contributed by atoms with E-state index in [1.165, 1.54) is 23.0 Å². The first-order chi connectivity index (χ1) is 7.99. The largest absolute Gasteiger partial charge is 0.478 e. The van der Waals surface area contributed by atoms with Gasteiger partial charge in [-0.15, -0.1) is 0 Å². The van der Waals surface area contributed by atoms with Gasteiger partial charge in [0.05, 0.1) is 16.4 Å². The molecule has 2 rings (SSSR count). The fourth-order valence-electron chi connectivity index (χ4n) is 1.43. The number of nitrogens with zero attached hydrogens (tertiary/aromatic N) is 2. The minimum atomic E-state index is -1.07. The Balaban J connectivity index is 2.50. The van der Waals surface area contributed by atoms with Crippen LogP contribution in [0.4, 0.5) is 4.39 Å². The summed E-state index contributed by atoms with van der Waals surface area (Å²) >= 11 is 5.56. The maximum Gasteiger partial charge on any atom is 0.339 e. The summed E-state index contributed by atoms with van der Waals surface area (Å²) in [5.41, 5.74) is 0.871. The van der Waals surface area contributed by atoms with Gasteiger partial charge in [-0.05, 0) is 19.1 Å². The molecule has 4 nitrogen and oxygen atoms in total. The fraction of sp³-hybridized carbons (Fsp3) is 0.0909. The molecule has 0 bridgehead atoms. The van der Waals surface area contributed by atoms with Crippen molar-refractivity contribution in [3.8, 4) is 5.69 Å². The van der Waals surface area contributed by atoms with Gasteiger partial charge in [0.2, 0.25) is 0 Å². The smallest absolute Gasteiger partial charge is 0.339 e. The number of benzene rings is 1. The van der Waals surface area contributed by atoms with E-state index in [1.54, 1.807) is 13.0 Å². The molecule has 17 heavy (non-hydrogen) atoms. The Morgan fingerprint density at radius 3 is 2.76 bits per heavy atom. The average Bonchev–Trinajstić information content (AvgIpc) is 2.64. The van der Waals surface area contributed by atoms with E-state index in [4.69, 9.17) is 16.7 Å². The van der Waals surface area contributed by atoms with Gasteiger partial charge in [-0.1, -0.05) is 11.6 Å². The molecule has 0 radical (unpaired) electrons. The molecule has 0 saturated heterocycles. The molecule has 0 unspecified atom stereocenters.